The maximum absolute atomic E-state index is 13.2. The molecule has 0 aliphatic carbocycles. The van der Waals surface area contributed by atoms with E-state index in [0.29, 0.717) is 93.1 Å². The average Bonchev–Trinajstić information content (AvgIpc) is 1.61. The summed E-state index contributed by atoms with van der Waals surface area (Å²) in [5.74, 6) is 4.69. The van der Waals surface area contributed by atoms with Gasteiger partial charge < -0.3 is 27.9 Å². The monoisotopic (exact) mass is 1790 g/mol. The van der Waals surface area contributed by atoms with Crippen LogP contribution in [0.1, 0.15) is 233 Å². The Morgan fingerprint density at radius 1 is 0.556 bits per heavy atom. The minimum Gasteiger partial charge on any atom is -0.490 e. The van der Waals surface area contributed by atoms with Gasteiger partial charge in [0.1, 0.15) is 21.6 Å². The summed E-state index contributed by atoms with van der Waals surface area (Å²) in [6.45, 7) is 32.3. The van der Waals surface area contributed by atoms with E-state index in [9.17, 15) is 13.2 Å². The van der Waals surface area contributed by atoms with Gasteiger partial charge in [0.25, 0.3) is 17.2 Å². The van der Waals surface area contributed by atoms with Gasteiger partial charge in [-0.2, -0.15) is 27.0 Å². The Morgan fingerprint density at radius 3 is 1.70 bits per heavy atom. The highest BCUT2D eigenvalue weighted by Crippen LogP contribution is 2.40. The first-order valence-corrected chi connectivity index (χ1v) is 46.4. The number of aromatic nitrogens is 20. The van der Waals surface area contributed by atoms with Gasteiger partial charge in [0, 0.05) is 53.7 Å². The first kappa shape index (κ1) is 94.0. The van der Waals surface area contributed by atoms with Crippen LogP contribution in [0.15, 0.2) is 131 Å². The number of fused-ring (bicyclic) bond motifs is 4. The van der Waals surface area contributed by atoms with Crippen LogP contribution in [-0.2, 0) is 32.7 Å². The number of aromatic amines is 4. The highest BCUT2D eigenvalue weighted by molar-refractivity contribution is 7.99. The molecule has 0 bridgehead atoms. The molecule has 5 atom stereocenters. The number of carbonyl (C=O) groups excluding carboxylic acids is 1. The molecule has 0 saturated carbocycles. The number of anilines is 1. The zero-order valence-corrected chi connectivity index (χ0v) is 77.5. The highest BCUT2D eigenvalue weighted by atomic mass is 35.5. The first-order valence-electron chi connectivity index (χ1n) is 42.6. The molecule has 124 heavy (non-hydrogen) atoms. The van der Waals surface area contributed by atoms with E-state index in [1.165, 1.54) is 66.9 Å². The smallest absolute Gasteiger partial charge is 0.316 e. The minimum absolute atomic E-state index is 0.0644. The lowest BCUT2D eigenvalue weighted by molar-refractivity contribution is -0.128. The van der Waals surface area contributed by atoms with Crippen LogP contribution in [0, 0.1) is 48.5 Å². The van der Waals surface area contributed by atoms with Crippen LogP contribution in [0.4, 0.5) is 5.69 Å². The van der Waals surface area contributed by atoms with Crippen LogP contribution in [-0.4, -0.2) is 146 Å². The Labute approximate surface area is 743 Å². The predicted molar refractivity (Wildman–Crippen MR) is 489 cm³/mol. The van der Waals surface area contributed by atoms with Crippen LogP contribution in [0.5, 0.6) is 28.7 Å². The molecular weight excluding hydrogens is 1670 g/mol. The second kappa shape index (κ2) is 45.8. The van der Waals surface area contributed by atoms with Crippen molar-refractivity contribution in [3.8, 4) is 45.8 Å². The molecule has 7 N–H and O–H groups in total. The van der Waals surface area contributed by atoms with Gasteiger partial charge in [-0.25, -0.2) is 24.2 Å². The SMILES string of the molecule is CC(C)(C)c1[nH]n2nc(-c3ccccc3)nc2c1Sc1nnnn1-c1ccccc1.CCCCCCC(Oc1ccc(C)cc1C)C(=O)NCC(C)c1nc2c(Cl)c(C)[nH]n2n1.CCCCCCCCOc1ccc(NS(=O)Oc2cc(C)ccc2OCCCCCCCC)cc1OS(=O)NCC(C)c1nc2c(Cl)c(C)[nH]n2n1.Cc1cc2nnc(C)n2[nH]1. The Morgan fingerprint density at radius 2 is 1.10 bits per heavy atom. The topological polar surface area (TPSA) is 361 Å². The average molecular weight is 1790 g/mol. The molecule has 5 unspecified atom stereocenters. The molecule has 36 heteroatoms. The van der Waals surface area contributed by atoms with Gasteiger partial charge in [-0.15, -0.1) is 30.6 Å². The number of tetrazole rings is 1. The van der Waals surface area contributed by atoms with Crippen LogP contribution in [0.25, 0.3) is 39.7 Å². The van der Waals surface area contributed by atoms with E-state index in [-0.39, 0.29) is 35.5 Å². The van der Waals surface area contributed by atoms with Crippen LogP contribution in [0.3, 0.4) is 0 Å². The Kier molecular flexibility index (Phi) is 34.8. The third-order valence-corrected chi connectivity index (χ3v) is 23.7. The van der Waals surface area contributed by atoms with Crippen molar-refractivity contribution >= 4 is 91.7 Å². The van der Waals surface area contributed by atoms with Crippen LogP contribution >= 0.6 is 35.0 Å². The summed E-state index contributed by atoms with van der Waals surface area (Å²) in [5.41, 5.74) is 11.8. The molecule has 0 spiro atoms. The second-order valence-electron chi connectivity index (χ2n) is 32.0. The van der Waals surface area contributed by atoms with E-state index in [2.05, 4.69) is 134 Å². The third-order valence-electron chi connectivity index (χ3n) is 20.3. The molecule has 0 radical (unpaired) electrons. The minimum atomic E-state index is -1.98. The molecule has 9 heterocycles. The molecule has 9 aromatic heterocycles. The summed E-state index contributed by atoms with van der Waals surface area (Å²) in [6.07, 6.45) is 18.2. The molecule has 14 aromatic rings. The van der Waals surface area contributed by atoms with Gasteiger partial charge in [0.15, 0.2) is 69.2 Å². The standard InChI is InChI=1S/C37H55ClN6O6S2.C24H34ClN5O2.C21H20N8S.C6H8N4/c1-6-8-10-12-14-16-22-47-31-20-18-27(3)24-33(31)50-52(46)43-30-19-21-32(48-23-17-15-13-11-9-7-2)34(25-30)49-51(45)39-26-28(4)36-40-37-35(38)29(5)41-44(37)42-36;1-6-7-8-9-10-20(32-19-12-11-15(2)13-16(19)3)24(31)26-14-17(4)22-27-23-21(25)18(5)28-30(23)29-22;1-21(2,3)17-16(30-20-23-26-27-28(20)15-12-8-5-9-13-15)19-22-18(25-29(19)24-17)14-10-6-4-7-11-14;1-4-3-6-8-7-5(2)10(6)9-4/h18-21,24-25,28,39,41,43H,6-17,22-23,26H2,1-5H3;11-13,17,20,28H,6-10,14H2,1-5H3,(H,26,31);4-13,24H,1-3H3;3,9H,1-2H3. The zero-order valence-electron chi connectivity index (χ0n) is 73.5. The number of para-hydroxylation sites is 1. The molecule has 5 aromatic carbocycles. The van der Waals surface area contributed by atoms with E-state index in [4.69, 9.17) is 50.8 Å². The predicted octanol–water partition coefficient (Wildman–Crippen LogP) is 19.3. The molecule has 0 aliphatic rings. The lowest BCUT2D eigenvalue weighted by Crippen LogP contribution is -2.40. The number of hydrogen-bond donors (Lipinski definition) is 7. The van der Waals surface area contributed by atoms with E-state index in [1.807, 2.05) is 158 Å². The van der Waals surface area contributed by atoms with Crippen LogP contribution in [0.2, 0.25) is 10.0 Å². The van der Waals surface area contributed by atoms with Crippen molar-refractivity contribution in [1.82, 2.24) is 109 Å². The third kappa shape index (κ3) is 26.2. The van der Waals surface area contributed by atoms with Crippen molar-refractivity contribution in [1.29, 1.82) is 0 Å². The lowest BCUT2D eigenvalue weighted by atomic mass is 9.92. The number of amides is 1. The molecule has 14 rings (SSSR count). The lowest BCUT2D eigenvalue weighted by Gasteiger charge is -2.21. The Hall–Kier alpha value is -10.7. The fourth-order valence-electron chi connectivity index (χ4n) is 13.3. The maximum Gasteiger partial charge on any atom is 0.316 e. The maximum atomic E-state index is 13.2. The molecular formula is C88H117Cl2N23O8S3. The number of nitrogens with zero attached hydrogens (tertiary/aromatic N) is 16. The van der Waals surface area contributed by atoms with Gasteiger partial charge in [-0.3, -0.25) is 29.9 Å². The Balaban J connectivity index is 0.000000178. The van der Waals surface area contributed by atoms with Gasteiger partial charge in [0.2, 0.25) is 5.16 Å². The molecule has 31 nitrogen and oxygen atoms in total. The second-order valence-corrected chi connectivity index (χ2v) is 35.5. The first-order chi connectivity index (χ1) is 59.7. The number of unbranched alkanes of at least 4 members (excludes halogenated alkanes) is 13. The van der Waals surface area contributed by atoms with E-state index in [1.54, 1.807) is 38.2 Å². The number of rotatable bonds is 41. The number of carbonyl (C=O) groups is 1. The van der Waals surface area contributed by atoms with Crippen molar-refractivity contribution in [3.05, 3.63) is 188 Å². The Bertz CT molecular complexity index is 5770. The van der Waals surface area contributed by atoms with Crippen LogP contribution < -0.4 is 37.3 Å². The van der Waals surface area contributed by atoms with Crippen molar-refractivity contribution in [3.63, 3.8) is 0 Å². The van der Waals surface area contributed by atoms with E-state index in [0.717, 1.165) is 131 Å². The fourth-order valence-corrected chi connectivity index (χ4v) is 16.2. The number of benzene rings is 5. The molecule has 1 amide bonds. The quantitative estimate of drug-likeness (QED) is 0.0175. The van der Waals surface area contributed by atoms with Gasteiger partial charge >= 0.3 is 11.3 Å². The van der Waals surface area contributed by atoms with E-state index >= 15 is 0 Å². The van der Waals surface area contributed by atoms with Crippen molar-refractivity contribution in [2.45, 2.75) is 246 Å². The molecule has 664 valence electrons. The summed E-state index contributed by atoms with van der Waals surface area (Å²) >= 11 is 10.1. The van der Waals surface area contributed by atoms with Gasteiger partial charge in [-0.05, 0) is 150 Å². The number of H-pyrrole nitrogens is 4. The molecule has 0 fully saturated rings. The molecule has 0 saturated heterocycles. The number of nitrogens with one attached hydrogen (secondary N) is 7. The number of aryl methyl sites for hydroxylation is 7. The summed E-state index contributed by atoms with van der Waals surface area (Å²) in [6, 6.07) is 38.4. The molecule has 0 aliphatic heterocycles. The highest BCUT2D eigenvalue weighted by Gasteiger charge is 2.30. The number of hydrogen-bond acceptors (Lipinski definition) is 20. The number of halogens is 2. The summed E-state index contributed by atoms with van der Waals surface area (Å²) in [7, 11) is 0. The number of ether oxygens (including phenoxy) is 3. The van der Waals surface area contributed by atoms with Gasteiger partial charge in [-0.1, -0.05) is 234 Å². The van der Waals surface area contributed by atoms with E-state index < -0.39 is 28.6 Å². The van der Waals surface area contributed by atoms with Crippen molar-refractivity contribution < 1.29 is 35.8 Å². The van der Waals surface area contributed by atoms with Crippen molar-refractivity contribution in [2.24, 2.45) is 0 Å². The zero-order chi connectivity index (χ0) is 88.4. The summed E-state index contributed by atoms with van der Waals surface area (Å²) < 4.78 is 70.5. The fraction of sp³-hybridized carbons (Fsp3) is 0.455. The normalized spacial score (nSPS) is 12.8. The summed E-state index contributed by atoms with van der Waals surface area (Å²) in [5, 5.41) is 51.1. The summed E-state index contributed by atoms with van der Waals surface area (Å²) in [4.78, 5) is 27.9. The van der Waals surface area contributed by atoms with Crippen molar-refractivity contribution in [2.75, 3.05) is 31.0 Å². The largest absolute Gasteiger partial charge is 0.490 e. The van der Waals surface area contributed by atoms with Gasteiger partial charge in [0.05, 0.1) is 46.6 Å².